The van der Waals surface area contributed by atoms with E-state index in [2.05, 4.69) is 32.3 Å². The number of aromatic nitrogens is 2. The maximum Gasteiger partial charge on any atom is 0.242 e. The Hall–Kier alpha value is -1.84. The number of amides is 1. The van der Waals surface area contributed by atoms with E-state index in [1.807, 2.05) is 29.2 Å². The highest BCUT2D eigenvalue weighted by Gasteiger charge is 2.18. The molecule has 1 amide bonds. The van der Waals surface area contributed by atoms with Crippen molar-refractivity contribution in [1.82, 2.24) is 14.5 Å². The highest BCUT2D eigenvalue weighted by Crippen LogP contribution is 2.22. The van der Waals surface area contributed by atoms with Crippen LogP contribution in [0.25, 0.3) is 11.0 Å². The Balaban J connectivity index is 2.33. The van der Waals surface area contributed by atoms with Gasteiger partial charge in [0.15, 0.2) is 0 Å². The van der Waals surface area contributed by atoms with Crippen molar-refractivity contribution in [3.05, 3.63) is 30.1 Å². The average Bonchev–Trinajstić information content (AvgIpc) is 2.86. The van der Waals surface area contributed by atoms with E-state index in [0.717, 1.165) is 42.8 Å². The van der Waals surface area contributed by atoms with Crippen molar-refractivity contribution in [1.29, 1.82) is 0 Å². The van der Waals surface area contributed by atoms with Gasteiger partial charge in [0, 0.05) is 19.0 Å². The van der Waals surface area contributed by atoms with Crippen molar-refractivity contribution >= 4 is 16.9 Å². The Morgan fingerprint density at radius 3 is 2.41 bits per heavy atom. The molecule has 0 N–H and O–H groups in total. The zero-order valence-electron chi connectivity index (χ0n) is 14.2. The number of carbonyl (C=O) groups excluding carboxylic acids is 1. The monoisotopic (exact) mass is 301 g/mol. The summed E-state index contributed by atoms with van der Waals surface area (Å²) in [4.78, 5) is 19.4. The van der Waals surface area contributed by atoms with Crippen molar-refractivity contribution in [2.45, 2.75) is 53.0 Å². The molecule has 0 atom stereocenters. The lowest BCUT2D eigenvalue weighted by atomic mass is 10.2. The molecule has 4 heteroatoms. The molecule has 2 rings (SSSR count). The standard InChI is InChI=1S/C18H27N3O/c1-5-11-20(12-6-2)17(22)13-21-16-10-8-7-9-15(16)19-18(21)14(3)4/h7-10,14H,5-6,11-13H2,1-4H3. The summed E-state index contributed by atoms with van der Waals surface area (Å²) in [7, 11) is 0. The first kappa shape index (κ1) is 16.5. The topological polar surface area (TPSA) is 38.1 Å². The van der Waals surface area contributed by atoms with Gasteiger partial charge in [-0.2, -0.15) is 0 Å². The van der Waals surface area contributed by atoms with Crippen LogP contribution in [0.15, 0.2) is 24.3 Å². The minimum Gasteiger partial charge on any atom is -0.341 e. The van der Waals surface area contributed by atoms with Crippen LogP contribution < -0.4 is 0 Å². The number of benzene rings is 1. The fraction of sp³-hybridized carbons (Fsp3) is 0.556. The molecule has 0 saturated carbocycles. The summed E-state index contributed by atoms with van der Waals surface area (Å²) in [6, 6.07) is 8.06. The Morgan fingerprint density at radius 1 is 1.18 bits per heavy atom. The fourth-order valence-corrected chi connectivity index (χ4v) is 2.84. The third-order valence-corrected chi connectivity index (χ3v) is 3.83. The molecular weight excluding hydrogens is 274 g/mol. The van der Waals surface area contributed by atoms with Gasteiger partial charge in [-0.1, -0.05) is 39.8 Å². The molecule has 0 fully saturated rings. The van der Waals surface area contributed by atoms with E-state index in [9.17, 15) is 4.79 Å². The molecule has 0 aliphatic heterocycles. The summed E-state index contributed by atoms with van der Waals surface area (Å²) < 4.78 is 2.08. The highest BCUT2D eigenvalue weighted by atomic mass is 16.2. The van der Waals surface area contributed by atoms with E-state index in [1.165, 1.54) is 0 Å². The van der Waals surface area contributed by atoms with Crippen LogP contribution in [0, 0.1) is 0 Å². The molecule has 1 heterocycles. The molecule has 2 aromatic rings. The quantitative estimate of drug-likeness (QED) is 0.780. The Morgan fingerprint density at radius 2 is 1.82 bits per heavy atom. The zero-order chi connectivity index (χ0) is 16.1. The lowest BCUT2D eigenvalue weighted by Crippen LogP contribution is -2.35. The van der Waals surface area contributed by atoms with Crippen molar-refractivity contribution in [3.8, 4) is 0 Å². The second kappa shape index (κ2) is 7.43. The van der Waals surface area contributed by atoms with E-state index >= 15 is 0 Å². The third-order valence-electron chi connectivity index (χ3n) is 3.83. The van der Waals surface area contributed by atoms with Gasteiger partial charge >= 0.3 is 0 Å². The first-order chi connectivity index (χ1) is 10.6. The van der Waals surface area contributed by atoms with Gasteiger partial charge in [0.05, 0.1) is 11.0 Å². The molecule has 0 radical (unpaired) electrons. The number of nitrogens with zero attached hydrogens (tertiary/aromatic N) is 3. The molecule has 0 saturated heterocycles. The number of hydrogen-bond acceptors (Lipinski definition) is 2. The van der Waals surface area contributed by atoms with Gasteiger partial charge in [-0.25, -0.2) is 4.98 Å². The number of carbonyl (C=O) groups is 1. The lowest BCUT2D eigenvalue weighted by molar-refractivity contribution is -0.131. The van der Waals surface area contributed by atoms with Crippen LogP contribution in [0.5, 0.6) is 0 Å². The van der Waals surface area contributed by atoms with Crippen molar-refractivity contribution in [2.24, 2.45) is 0 Å². The van der Waals surface area contributed by atoms with Crippen LogP contribution in [-0.4, -0.2) is 33.4 Å². The Labute approximate surface area is 133 Å². The number of imidazole rings is 1. The molecule has 0 aliphatic rings. The van der Waals surface area contributed by atoms with E-state index in [-0.39, 0.29) is 5.91 Å². The first-order valence-electron chi connectivity index (χ1n) is 8.31. The largest absolute Gasteiger partial charge is 0.341 e. The number of fused-ring (bicyclic) bond motifs is 1. The fourth-order valence-electron chi connectivity index (χ4n) is 2.84. The smallest absolute Gasteiger partial charge is 0.242 e. The number of hydrogen-bond donors (Lipinski definition) is 0. The van der Waals surface area contributed by atoms with E-state index in [1.54, 1.807) is 0 Å². The Kier molecular flexibility index (Phi) is 5.58. The maximum absolute atomic E-state index is 12.7. The normalized spacial score (nSPS) is 11.3. The second-order valence-electron chi connectivity index (χ2n) is 6.08. The molecule has 4 nitrogen and oxygen atoms in total. The summed E-state index contributed by atoms with van der Waals surface area (Å²) >= 11 is 0. The summed E-state index contributed by atoms with van der Waals surface area (Å²) in [6.07, 6.45) is 1.99. The van der Waals surface area contributed by atoms with Crippen molar-refractivity contribution in [2.75, 3.05) is 13.1 Å². The van der Waals surface area contributed by atoms with Gasteiger partial charge in [0.1, 0.15) is 12.4 Å². The molecule has 22 heavy (non-hydrogen) atoms. The minimum absolute atomic E-state index is 0.189. The van der Waals surface area contributed by atoms with Gasteiger partial charge in [-0.05, 0) is 25.0 Å². The number of para-hydroxylation sites is 2. The summed E-state index contributed by atoms with van der Waals surface area (Å²) in [6.45, 7) is 10.5. The second-order valence-corrected chi connectivity index (χ2v) is 6.08. The van der Waals surface area contributed by atoms with E-state index < -0.39 is 0 Å². The van der Waals surface area contributed by atoms with Gasteiger partial charge in [-0.15, -0.1) is 0 Å². The molecule has 0 unspecified atom stereocenters. The average molecular weight is 301 g/mol. The first-order valence-corrected chi connectivity index (χ1v) is 8.31. The molecule has 1 aromatic carbocycles. The molecule has 120 valence electrons. The minimum atomic E-state index is 0.189. The summed E-state index contributed by atoms with van der Waals surface area (Å²) in [5.74, 6) is 1.47. The van der Waals surface area contributed by atoms with E-state index in [4.69, 9.17) is 4.98 Å². The molecular formula is C18H27N3O. The van der Waals surface area contributed by atoms with Crippen molar-refractivity contribution < 1.29 is 4.79 Å². The van der Waals surface area contributed by atoms with Crippen LogP contribution >= 0.6 is 0 Å². The molecule has 0 aliphatic carbocycles. The zero-order valence-corrected chi connectivity index (χ0v) is 14.2. The third kappa shape index (κ3) is 3.49. The van der Waals surface area contributed by atoms with Gasteiger partial charge in [-0.3, -0.25) is 4.79 Å². The van der Waals surface area contributed by atoms with Gasteiger partial charge in [0.25, 0.3) is 0 Å². The predicted octanol–water partition coefficient (Wildman–Crippen LogP) is 3.81. The van der Waals surface area contributed by atoms with Crippen LogP contribution in [-0.2, 0) is 11.3 Å². The molecule has 1 aromatic heterocycles. The van der Waals surface area contributed by atoms with Gasteiger partial charge in [0.2, 0.25) is 5.91 Å². The Bertz CT molecular complexity index is 624. The predicted molar refractivity (Wildman–Crippen MR) is 91.0 cm³/mol. The van der Waals surface area contributed by atoms with Crippen LogP contribution in [0.1, 0.15) is 52.3 Å². The molecule has 0 bridgehead atoms. The maximum atomic E-state index is 12.7. The van der Waals surface area contributed by atoms with Crippen LogP contribution in [0.4, 0.5) is 0 Å². The van der Waals surface area contributed by atoms with Crippen molar-refractivity contribution in [3.63, 3.8) is 0 Å². The highest BCUT2D eigenvalue weighted by molar-refractivity contribution is 5.81. The van der Waals surface area contributed by atoms with Gasteiger partial charge < -0.3 is 9.47 Å². The van der Waals surface area contributed by atoms with Crippen LogP contribution in [0.3, 0.4) is 0 Å². The molecule has 0 spiro atoms. The number of rotatable bonds is 7. The SMILES string of the molecule is CCCN(CCC)C(=O)Cn1c(C(C)C)nc2ccccc21. The van der Waals surface area contributed by atoms with Crippen LogP contribution in [0.2, 0.25) is 0 Å². The summed E-state index contributed by atoms with van der Waals surface area (Å²) in [5, 5.41) is 0. The summed E-state index contributed by atoms with van der Waals surface area (Å²) in [5.41, 5.74) is 2.02. The van der Waals surface area contributed by atoms with E-state index in [0.29, 0.717) is 12.5 Å². The lowest BCUT2D eigenvalue weighted by Gasteiger charge is -2.22.